The molecule has 0 bridgehead atoms. The van der Waals surface area contributed by atoms with Crippen molar-refractivity contribution in [1.29, 1.82) is 0 Å². The molecular weight excluding hydrogens is 380 g/mol. The van der Waals surface area contributed by atoms with Gasteiger partial charge < -0.3 is 19.3 Å². The van der Waals surface area contributed by atoms with Crippen LogP contribution in [0.2, 0.25) is 0 Å². The van der Waals surface area contributed by atoms with Gasteiger partial charge in [-0.05, 0) is 37.2 Å². The van der Waals surface area contributed by atoms with E-state index in [1.54, 1.807) is 0 Å². The molecule has 0 aromatic heterocycles. The number of para-hydroxylation sites is 2. The van der Waals surface area contributed by atoms with Gasteiger partial charge in [0.15, 0.2) is 11.5 Å². The van der Waals surface area contributed by atoms with Crippen LogP contribution in [0.4, 0.5) is 0 Å². The minimum atomic E-state index is -0.582. The maximum atomic E-state index is 10.4. The first-order chi connectivity index (χ1) is 14.6. The van der Waals surface area contributed by atoms with Crippen molar-refractivity contribution in [2.75, 3.05) is 53.1 Å². The van der Waals surface area contributed by atoms with Crippen LogP contribution >= 0.6 is 0 Å². The van der Waals surface area contributed by atoms with E-state index in [0.717, 1.165) is 39.4 Å². The molecule has 3 rings (SSSR count). The Balaban J connectivity index is 1.45. The monoisotopic (exact) mass is 414 g/mol. The Hall–Kier alpha value is -2.12. The molecule has 1 N–H and O–H groups in total. The van der Waals surface area contributed by atoms with Crippen molar-refractivity contribution in [3.05, 3.63) is 59.7 Å². The highest BCUT2D eigenvalue weighted by Crippen LogP contribution is 2.26. The molecule has 6 nitrogen and oxygen atoms in total. The molecule has 30 heavy (non-hydrogen) atoms. The average Bonchev–Trinajstić information content (AvgIpc) is 2.74. The summed E-state index contributed by atoms with van der Waals surface area (Å²) in [7, 11) is 2.02. The molecule has 0 saturated carbocycles. The minimum absolute atomic E-state index is 0.228. The molecule has 0 radical (unpaired) electrons. The van der Waals surface area contributed by atoms with E-state index < -0.39 is 6.10 Å². The van der Waals surface area contributed by atoms with Crippen molar-refractivity contribution in [3.8, 4) is 11.5 Å². The van der Waals surface area contributed by atoms with E-state index in [0.29, 0.717) is 24.7 Å². The summed E-state index contributed by atoms with van der Waals surface area (Å²) >= 11 is 0. The second kappa shape index (κ2) is 11.9. The molecule has 1 aliphatic heterocycles. The van der Waals surface area contributed by atoms with E-state index >= 15 is 0 Å². The standard InChI is InChI=1S/C24H34N2O4/c1-3-29-23-9-4-5-10-24(23)30-19-22(27)18-25(2)16-20-7-6-8-21(15-20)17-26-11-13-28-14-12-26/h4-10,15,22,27H,3,11-14,16-19H2,1-2H3. The first kappa shape index (κ1) is 22.6. The van der Waals surface area contributed by atoms with Crippen LogP contribution in [0.3, 0.4) is 0 Å². The van der Waals surface area contributed by atoms with Crippen molar-refractivity contribution in [3.63, 3.8) is 0 Å². The first-order valence-electron chi connectivity index (χ1n) is 10.7. The van der Waals surface area contributed by atoms with Crippen molar-refractivity contribution < 1.29 is 19.3 Å². The Morgan fingerprint density at radius 1 is 1.03 bits per heavy atom. The second-order valence-corrected chi connectivity index (χ2v) is 7.75. The molecular formula is C24H34N2O4. The van der Waals surface area contributed by atoms with E-state index in [1.807, 2.05) is 38.2 Å². The topological polar surface area (TPSA) is 54.4 Å². The third-order valence-electron chi connectivity index (χ3n) is 5.06. The van der Waals surface area contributed by atoms with Gasteiger partial charge in [0.2, 0.25) is 0 Å². The van der Waals surface area contributed by atoms with E-state index in [9.17, 15) is 5.11 Å². The quantitative estimate of drug-likeness (QED) is 0.610. The molecule has 1 heterocycles. The normalized spacial score (nSPS) is 15.9. The molecule has 1 atom stereocenters. The number of nitrogens with zero attached hydrogens (tertiary/aromatic N) is 2. The highest BCUT2D eigenvalue weighted by molar-refractivity contribution is 5.39. The lowest BCUT2D eigenvalue weighted by Gasteiger charge is -2.27. The molecule has 1 saturated heterocycles. The molecule has 1 unspecified atom stereocenters. The van der Waals surface area contributed by atoms with Crippen LogP contribution < -0.4 is 9.47 Å². The van der Waals surface area contributed by atoms with E-state index in [1.165, 1.54) is 11.1 Å². The first-order valence-corrected chi connectivity index (χ1v) is 10.7. The van der Waals surface area contributed by atoms with Gasteiger partial charge in [0, 0.05) is 32.7 Å². The lowest BCUT2D eigenvalue weighted by Crippen LogP contribution is -2.35. The number of benzene rings is 2. The summed E-state index contributed by atoms with van der Waals surface area (Å²) in [6.45, 7) is 8.63. The third-order valence-corrected chi connectivity index (χ3v) is 5.06. The summed E-state index contributed by atoms with van der Waals surface area (Å²) in [5.41, 5.74) is 2.57. The predicted octanol–water partition coefficient (Wildman–Crippen LogP) is 2.79. The van der Waals surface area contributed by atoms with Crippen molar-refractivity contribution >= 4 is 0 Å². The van der Waals surface area contributed by atoms with Crippen LogP contribution in [0.25, 0.3) is 0 Å². The van der Waals surface area contributed by atoms with Gasteiger partial charge in [0.25, 0.3) is 0 Å². The lowest BCUT2D eigenvalue weighted by atomic mass is 10.1. The highest BCUT2D eigenvalue weighted by Gasteiger charge is 2.13. The Labute approximate surface area is 180 Å². The van der Waals surface area contributed by atoms with Crippen molar-refractivity contribution in [2.24, 2.45) is 0 Å². The molecule has 0 amide bonds. The number of likely N-dealkylation sites (N-methyl/N-ethyl adjacent to an activating group) is 1. The summed E-state index contributed by atoms with van der Waals surface area (Å²) in [6, 6.07) is 16.2. The molecule has 0 aliphatic carbocycles. The van der Waals surface area contributed by atoms with Crippen LogP contribution in [-0.4, -0.2) is 74.1 Å². The van der Waals surface area contributed by atoms with Crippen molar-refractivity contribution in [2.45, 2.75) is 26.1 Å². The highest BCUT2D eigenvalue weighted by atomic mass is 16.5. The lowest BCUT2D eigenvalue weighted by molar-refractivity contribution is 0.0342. The van der Waals surface area contributed by atoms with Gasteiger partial charge in [0.05, 0.1) is 19.8 Å². The fourth-order valence-corrected chi connectivity index (χ4v) is 3.66. The van der Waals surface area contributed by atoms with Gasteiger partial charge in [-0.25, -0.2) is 0 Å². The summed E-state index contributed by atoms with van der Waals surface area (Å²) in [6.07, 6.45) is -0.582. The fourth-order valence-electron chi connectivity index (χ4n) is 3.66. The zero-order valence-corrected chi connectivity index (χ0v) is 18.1. The molecule has 2 aromatic carbocycles. The van der Waals surface area contributed by atoms with Gasteiger partial charge in [-0.15, -0.1) is 0 Å². The number of ether oxygens (including phenoxy) is 3. The summed E-state index contributed by atoms with van der Waals surface area (Å²) in [4.78, 5) is 4.55. The maximum Gasteiger partial charge on any atom is 0.161 e. The largest absolute Gasteiger partial charge is 0.490 e. The van der Waals surface area contributed by atoms with Gasteiger partial charge in [-0.3, -0.25) is 9.80 Å². The van der Waals surface area contributed by atoms with E-state index in [4.69, 9.17) is 14.2 Å². The Morgan fingerprint density at radius 2 is 1.73 bits per heavy atom. The summed E-state index contributed by atoms with van der Waals surface area (Å²) in [5.74, 6) is 1.37. The smallest absolute Gasteiger partial charge is 0.161 e. The summed E-state index contributed by atoms with van der Waals surface area (Å²) in [5, 5.41) is 10.4. The van der Waals surface area contributed by atoms with Crippen molar-refractivity contribution in [1.82, 2.24) is 9.80 Å². The van der Waals surface area contributed by atoms with E-state index in [2.05, 4.69) is 34.1 Å². The van der Waals surface area contributed by atoms with Gasteiger partial charge in [-0.2, -0.15) is 0 Å². The Morgan fingerprint density at radius 3 is 2.47 bits per heavy atom. The number of aliphatic hydroxyl groups excluding tert-OH is 1. The van der Waals surface area contributed by atoms with Crippen LogP contribution in [-0.2, 0) is 17.8 Å². The second-order valence-electron chi connectivity index (χ2n) is 7.75. The Kier molecular flexibility index (Phi) is 8.96. The van der Waals surface area contributed by atoms with Gasteiger partial charge in [-0.1, -0.05) is 36.4 Å². The number of hydrogen-bond donors (Lipinski definition) is 1. The molecule has 164 valence electrons. The van der Waals surface area contributed by atoms with Crippen LogP contribution in [0.15, 0.2) is 48.5 Å². The maximum absolute atomic E-state index is 10.4. The third kappa shape index (κ3) is 7.29. The zero-order chi connectivity index (χ0) is 21.2. The van der Waals surface area contributed by atoms with Crippen LogP contribution in [0.1, 0.15) is 18.1 Å². The summed E-state index contributed by atoms with van der Waals surface area (Å²) < 4.78 is 16.8. The van der Waals surface area contributed by atoms with Crippen LogP contribution in [0.5, 0.6) is 11.5 Å². The molecule has 1 fully saturated rings. The number of aliphatic hydroxyl groups is 1. The molecule has 6 heteroatoms. The Bertz CT molecular complexity index is 764. The number of hydrogen-bond acceptors (Lipinski definition) is 6. The van der Waals surface area contributed by atoms with Gasteiger partial charge in [0.1, 0.15) is 12.7 Å². The van der Waals surface area contributed by atoms with Gasteiger partial charge >= 0.3 is 0 Å². The SMILES string of the molecule is CCOc1ccccc1OCC(O)CN(C)Cc1cccc(CN2CCOCC2)c1. The molecule has 1 aliphatic rings. The predicted molar refractivity (Wildman–Crippen MR) is 118 cm³/mol. The molecule has 0 spiro atoms. The van der Waals surface area contributed by atoms with E-state index in [-0.39, 0.29) is 6.61 Å². The minimum Gasteiger partial charge on any atom is -0.490 e. The fraction of sp³-hybridized carbons (Fsp3) is 0.500. The number of morpholine rings is 1. The number of rotatable bonds is 11. The zero-order valence-electron chi connectivity index (χ0n) is 18.1. The molecule has 2 aromatic rings. The average molecular weight is 415 g/mol. The van der Waals surface area contributed by atoms with Crippen LogP contribution in [0, 0.1) is 0 Å².